The number of nitrogens with zero attached hydrogens (tertiary/aromatic N) is 3. The van der Waals surface area contributed by atoms with Gasteiger partial charge in [0.2, 0.25) is 0 Å². The highest BCUT2D eigenvalue weighted by atomic mass is 14.9. The van der Waals surface area contributed by atoms with Crippen molar-refractivity contribution in [2.75, 3.05) is 0 Å². The van der Waals surface area contributed by atoms with Crippen molar-refractivity contribution in [1.82, 2.24) is 13.7 Å². The molecule has 0 unspecified atom stereocenters. The second-order valence-electron chi connectivity index (χ2n) is 15.4. The number of hydrogen-bond acceptors (Lipinski definition) is 0. The van der Waals surface area contributed by atoms with Gasteiger partial charge in [-0.05, 0) is 62.5 Å². The first-order valence-corrected chi connectivity index (χ1v) is 19.5. The van der Waals surface area contributed by atoms with Crippen molar-refractivity contribution in [3.05, 3.63) is 170 Å². The van der Waals surface area contributed by atoms with E-state index in [4.69, 9.17) is 0 Å². The molecule has 0 aliphatic carbocycles. The Morgan fingerprint density at radius 1 is 0.250 bits per heavy atom. The fraction of sp³-hybridized carbons (Fsp3) is 0.0566. The molecule has 0 saturated heterocycles. The highest BCUT2D eigenvalue weighted by Crippen LogP contribution is 2.48. The van der Waals surface area contributed by atoms with Gasteiger partial charge in [-0.25, -0.2) is 0 Å². The molecule has 9 aromatic carbocycles. The Bertz CT molecular complexity index is 3450. The monoisotopic (exact) mass is 715 g/mol. The topological polar surface area (TPSA) is 14.8 Å². The summed E-state index contributed by atoms with van der Waals surface area (Å²) in [5.74, 6) is 0. The summed E-state index contributed by atoms with van der Waals surface area (Å²) in [5.41, 5.74) is 15.0. The number of benzene rings is 9. The van der Waals surface area contributed by atoms with E-state index in [0.29, 0.717) is 0 Å². The minimum Gasteiger partial charge on any atom is -0.343 e. The summed E-state index contributed by atoms with van der Waals surface area (Å²) in [5, 5.41) is 12.7. The number of aryl methyl sites for hydroxylation is 3. The molecule has 0 fully saturated rings. The van der Waals surface area contributed by atoms with Crippen molar-refractivity contribution in [3.8, 4) is 33.4 Å². The Hall–Kier alpha value is -7.10. The van der Waals surface area contributed by atoms with Crippen LogP contribution >= 0.6 is 0 Å². The molecule has 0 atom stereocenters. The minimum atomic E-state index is 1.24. The van der Waals surface area contributed by atoms with Gasteiger partial charge in [0.1, 0.15) is 0 Å². The highest BCUT2D eigenvalue weighted by Gasteiger charge is 2.22. The maximum absolute atomic E-state index is 2.49. The van der Waals surface area contributed by atoms with E-state index in [1.165, 1.54) is 120 Å². The van der Waals surface area contributed by atoms with Gasteiger partial charge in [0, 0.05) is 86.7 Å². The van der Waals surface area contributed by atoms with Crippen LogP contribution in [0, 0.1) is 0 Å². The van der Waals surface area contributed by atoms with Crippen LogP contribution in [0.4, 0.5) is 0 Å². The van der Waals surface area contributed by atoms with Gasteiger partial charge in [-0.1, -0.05) is 146 Å². The summed E-state index contributed by atoms with van der Waals surface area (Å²) < 4.78 is 7.15. The lowest BCUT2D eigenvalue weighted by Gasteiger charge is -2.19. The number of aromatic nitrogens is 3. The average Bonchev–Trinajstić information content (AvgIpc) is 3.84. The van der Waals surface area contributed by atoms with Crippen LogP contribution in [0.5, 0.6) is 0 Å². The summed E-state index contributed by atoms with van der Waals surface area (Å²) in [6.07, 6.45) is 0. The molecular weight excluding hydrogens is 679 g/mol. The summed E-state index contributed by atoms with van der Waals surface area (Å²) in [6, 6.07) is 63.2. The fourth-order valence-corrected chi connectivity index (χ4v) is 10.3. The number of rotatable bonds is 3. The van der Waals surface area contributed by atoms with E-state index in [1.54, 1.807) is 0 Å². The summed E-state index contributed by atoms with van der Waals surface area (Å²) >= 11 is 0. The van der Waals surface area contributed by atoms with E-state index in [-0.39, 0.29) is 0 Å². The molecule has 0 saturated carbocycles. The fourth-order valence-electron chi connectivity index (χ4n) is 10.3. The Kier molecular flexibility index (Phi) is 6.40. The molecule has 0 radical (unpaired) electrons. The zero-order valence-electron chi connectivity index (χ0n) is 31.5. The molecule has 3 aromatic heterocycles. The summed E-state index contributed by atoms with van der Waals surface area (Å²) in [4.78, 5) is 0. The van der Waals surface area contributed by atoms with Crippen LogP contribution < -0.4 is 0 Å². The van der Waals surface area contributed by atoms with Crippen LogP contribution in [-0.4, -0.2) is 13.7 Å². The maximum atomic E-state index is 2.49. The zero-order chi connectivity index (χ0) is 37.2. The lowest BCUT2D eigenvalue weighted by Crippen LogP contribution is -1.95. The molecule has 3 heterocycles. The molecule has 56 heavy (non-hydrogen) atoms. The molecule has 0 amide bonds. The predicted molar refractivity (Wildman–Crippen MR) is 240 cm³/mol. The van der Waals surface area contributed by atoms with Gasteiger partial charge >= 0.3 is 0 Å². The third-order valence-electron chi connectivity index (χ3n) is 12.7. The highest BCUT2D eigenvalue weighted by molar-refractivity contribution is 6.25. The predicted octanol–water partition coefficient (Wildman–Crippen LogP) is 13.9. The molecule has 264 valence electrons. The molecule has 12 aromatic rings. The van der Waals surface area contributed by atoms with Crippen LogP contribution in [0.2, 0.25) is 0 Å². The van der Waals surface area contributed by atoms with Crippen molar-refractivity contribution in [2.45, 2.75) is 0 Å². The summed E-state index contributed by atoms with van der Waals surface area (Å²) in [6.45, 7) is 0. The van der Waals surface area contributed by atoms with E-state index < -0.39 is 0 Å². The minimum absolute atomic E-state index is 1.24. The van der Waals surface area contributed by atoms with Crippen molar-refractivity contribution < 1.29 is 0 Å². The van der Waals surface area contributed by atoms with Crippen molar-refractivity contribution in [3.63, 3.8) is 0 Å². The van der Waals surface area contributed by atoms with E-state index in [0.717, 1.165) is 0 Å². The van der Waals surface area contributed by atoms with E-state index >= 15 is 0 Å². The SMILES string of the molecule is Cn1c2ccccc2c2cccc(-c3cccc4c(-c5cccc6c7ccccc7n(C)c56)c5cccc(-c6cccc7c8ccccc8n(C)c67)c5cc34)c21. The Morgan fingerprint density at radius 2 is 0.554 bits per heavy atom. The smallest absolute Gasteiger partial charge is 0.0568 e. The molecule has 12 rings (SSSR count). The zero-order valence-corrected chi connectivity index (χ0v) is 31.5. The van der Waals surface area contributed by atoms with E-state index in [2.05, 4.69) is 205 Å². The second-order valence-corrected chi connectivity index (χ2v) is 15.4. The quantitative estimate of drug-likeness (QED) is 0.162. The van der Waals surface area contributed by atoms with Gasteiger partial charge in [0.05, 0.1) is 16.6 Å². The van der Waals surface area contributed by atoms with Crippen molar-refractivity contribution in [1.29, 1.82) is 0 Å². The molecule has 3 nitrogen and oxygen atoms in total. The lowest BCUT2D eigenvalue weighted by atomic mass is 9.85. The molecule has 3 heteroatoms. The summed E-state index contributed by atoms with van der Waals surface area (Å²) in [7, 11) is 6.65. The van der Waals surface area contributed by atoms with Crippen LogP contribution in [0.1, 0.15) is 0 Å². The van der Waals surface area contributed by atoms with Gasteiger partial charge in [0.25, 0.3) is 0 Å². The molecule has 0 aliphatic rings. The Balaban J connectivity index is 1.27. The Labute approximate surface area is 323 Å². The van der Waals surface area contributed by atoms with Crippen LogP contribution in [0.3, 0.4) is 0 Å². The van der Waals surface area contributed by atoms with Crippen LogP contribution in [-0.2, 0) is 21.1 Å². The van der Waals surface area contributed by atoms with E-state index in [1.807, 2.05) is 0 Å². The lowest BCUT2D eigenvalue weighted by molar-refractivity contribution is 1.02. The Morgan fingerprint density at radius 3 is 0.964 bits per heavy atom. The van der Waals surface area contributed by atoms with Gasteiger partial charge in [-0.3, -0.25) is 0 Å². The number of fused-ring (bicyclic) bond motifs is 11. The number of hydrogen-bond donors (Lipinski definition) is 0. The first-order valence-electron chi connectivity index (χ1n) is 19.5. The first-order chi connectivity index (χ1) is 27.6. The van der Waals surface area contributed by atoms with Gasteiger partial charge < -0.3 is 13.7 Å². The van der Waals surface area contributed by atoms with Gasteiger partial charge in [0.15, 0.2) is 0 Å². The van der Waals surface area contributed by atoms with Crippen molar-refractivity contribution >= 4 is 87.0 Å². The molecule has 0 N–H and O–H groups in total. The molecular formula is C53H37N3. The van der Waals surface area contributed by atoms with Crippen LogP contribution in [0.25, 0.3) is 120 Å². The first kappa shape index (κ1) is 31.3. The third kappa shape index (κ3) is 4.07. The molecule has 0 spiro atoms. The van der Waals surface area contributed by atoms with E-state index in [9.17, 15) is 0 Å². The normalized spacial score (nSPS) is 12.2. The second kappa shape index (κ2) is 11.5. The maximum Gasteiger partial charge on any atom is 0.0568 e. The number of para-hydroxylation sites is 6. The molecule has 0 aliphatic heterocycles. The third-order valence-corrected chi connectivity index (χ3v) is 12.7. The standard InChI is InChI=1S/C53H37N3/c1-54-47-28-7-4-15-34(47)41-24-12-22-39(51(41)54)32-18-10-20-37-45(32)31-46-33(40-23-13-25-42-35-16-5-8-29-48(35)55(2)52(40)42)19-11-21-38(46)50(37)44-27-14-26-43-36-17-6-9-30-49(36)56(3)53(43)44/h4-31H,1-3H3. The molecule has 0 bridgehead atoms. The van der Waals surface area contributed by atoms with Crippen LogP contribution in [0.15, 0.2) is 170 Å². The van der Waals surface area contributed by atoms with Gasteiger partial charge in [-0.2, -0.15) is 0 Å². The average molecular weight is 716 g/mol. The van der Waals surface area contributed by atoms with Gasteiger partial charge in [-0.15, -0.1) is 0 Å². The largest absolute Gasteiger partial charge is 0.343 e. The van der Waals surface area contributed by atoms with Crippen molar-refractivity contribution in [2.24, 2.45) is 21.1 Å².